The fraction of sp³-hybridized carbons (Fsp3) is 0.0833. The Bertz CT molecular complexity index is 627. The highest BCUT2D eigenvalue weighted by molar-refractivity contribution is 9.10. The zero-order chi connectivity index (χ0) is 11.0. The molecule has 0 radical (unpaired) electrons. The van der Waals surface area contributed by atoms with Gasteiger partial charge in [-0.3, -0.25) is 0 Å². The predicted octanol–water partition coefficient (Wildman–Crippen LogP) is 3.44. The molecule has 0 saturated carbocycles. The Labute approximate surface area is 101 Å². The molecule has 0 spiro atoms. The SMILES string of the molecule is Brc1ccc(Cn2cnc3ccccc32)o1. The van der Waals surface area contributed by atoms with E-state index in [1.165, 1.54) is 0 Å². The van der Waals surface area contributed by atoms with Crippen LogP contribution in [0.4, 0.5) is 0 Å². The van der Waals surface area contributed by atoms with Gasteiger partial charge in [0, 0.05) is 0 Å². The van der Waals surface area contributed by atoms with Crippen LogP contribution >= 0.6 is 15.9 Å². The first-order chi connectivity index (χ1) is 7.83. The Kier molecular flexibility index (Phi) is 2.29. The van der Waals surface area contributed by atoms with E-state index in [0.29, 0.717) is 6.54 Å². The van der Waals surface area contributed by atoms with Crippen molar-refractivity contribution in [3.05, 3.63) is 53.2 Å². The highest BCUT2D eigenvalue weighted by atomic mass is 79.9. The summed E-state index contributed by atoms with van der Waals surface area (Å²) >= 11 is 3.29. The Balaban J connectivity index is 2.00. The molecule has 2 heterocycles. The second-order valence-electron chi connectivity index (χ2n) is 3.57. The van der Waals surface area contributed by atoms with Gasteiger partial charge in [-0.2, -0.15) is 0 Å². The number of furan rings is 1. The third-order valence-corrected chi connectivity index (χ3v) is 2.91. The summed E-state index contributed by atoms with van der Waals surface area (Å²) in [6.45, 7) is 0.701. The standard InChI is InChI=1S/C12H9BrN2O/c13-12-6-5-9(16-12)7-15-8-14-10-3-1-2-4-11(10)15/h1-6,8H,7H2. The summed E-state index contributed by atoms with van der Waals surface area (Å²) in [6.07, 6.45) is 1.83. The predicted molar refractivity (Wildman–Crippen MR) is 65.2 cm³/mol. The molecule has 0 amide bonds. The third-order valence-electron chi connectivity index (χ3n) is 2.48. The molecule has 0 aliphatic heterocycles. The van der Waals surface area contributed by atoms with Gasteiger partial charge in [-0.1, -0.05) is 12.1 Å². The van der Waals surface area contributed by atoms with Crippen molar-refractivity contribution in [1.29, 1.82) is 0 Å². The molecular formula is C12H9BrN2O. The van der Waals surface area contributed by atoms with Crippen molar-refractivity contribution in [2.45, 2.75) is 6.54 Å². The Morgan fingerprint density at radius 3 is 2.88 bits per heavy atom. The van der Waals surface area contributed by atoms with Crippen LogP contribution in [0.25, 0.3) is 11.0 Å². The van der Waals surface area contributed by atoms with Gasteiger partial charge >= 0.3 is 0 Å². The molecule has 0 atom stereocenters. The molecule has 2 aromatic heterocycles. The number of imidazole rings is 1. The van der Waals surface area contributed by atoms with E-state index in [4.69, 9.17) is 4.42 Å². The van der Waals surface area contributed by atoms with E-state index in [1.54, 1.807) is 0 Å². The first-order valence-corrected chi connectivity index (χ1v) is 5.76. The molecule has 0 fully saturated rings. The van der Waals surface area contributed by atoms with Crippen molar-refractivity contribution < 1.29 is 4.42 Å². The number of halogens is 1. The number of nitrogens with zero attached hydrogens (tertiary/aromatic N) is 2. The normalized spacial score (nSPS) is 11.1. The van der Waals surface area contributed by atoms with Crippen LogP contribution in [0.1, 0.15) is 5.76 Å². The van der Waals surface area contributed by atoms with Crippen LogP contribution < -0.4 is 0 Å². The minimum Gasteiger partial charge on any atom is -0.452 e. The topological polar surface area (TPSA) is 31.0 Å². The molecule has 0 aliphatic carbocycles. The summed E-state index contributed by atoms with van der Waals surface area (Å²) in [7, 11) is 0. The second kappa shape index (κ2) is 3.79. The Morgan fingerprint density at radius 2 is 2.06 bits per heavy atom. The molecule has 4 heteroatoms. The number of benzene rings is 1. The van der Waals surface area contributed by atoms with E-state index in [9.17, 15) is 0 Å². The smallest absolute Gasteiger partial charge is 0.169 e. The van der Waals surface area contributed by atoms with Crippen molar-refractivity contribution in [2.75, 3.05) is 0 Å². The molecule has 0 saturated heterocycles. The second-order valence-corrected chi connectivity index (χ2v) is 4.35. The summed E-state index contributed by atoms with van der Waals surface area (Å²) in [4.78, 5) is 4.33. The van der Waals surface area contributed by atoms with Gasteiger partial charge in [-0.05, 0) is 40.2 Å². The third kappa shape index (κ3) is 1.65. The summed E-state index contributed by atoms with van der Waals surface area (Å²) in [5.41, 5.74) is 2.13. The molecule has 3 nitrogen and oxygen atoms in total. The quantitative estimate of drug-likeness (QED) is 0.718. The fourth-order valence-electron chi connectivity index (χ4n) is 1.74. The van der Waals surface area contributed by atoms with Crippen molar-refractivity contribution in [3.8, 4) is 0 Å². The largest absolute Gasteiger partial charge is 0.452 e. The van der Waals surface area contributed by atoms with Crippen LogP contribution in [0.3, 0.4) is 0 Å². The van der Waals surface area contributed by atoms with E-state index in [2.05, 4.69) is 31.5 Å². The van der Waals surface area contributed by atoms with Crippen molar-refractivity contribution in [2.24, 2.45) is 0 Å². The van der Waals surface area contributed by atoms with Crippen LogP contribution in [0.2, 0.25) is 0 Å². The van der Waals surface area contributed by atoms with Gasteiger partial charge in [-0.15, -0.1) is 0 Å². The van der Waals surface area contributed by atoms with Gasteiger partial charge in [0.1, 0.15) is 5.76 Å². The minimum atomic E-state index is 0.701. The van der Waals surface area contributed by atoms with Gasteiger partial charge in [0.25, 0.3) is 0 Å². The molecule has 3 aromatic rings. The number of rotatable bonds is 2. The summed E-state index contributed by atoms with van der Waals surface area (Å²) in [5, 5.41) is 0. The highest BCUT2D eigenvalue weighted by Crippen LogP contribution is 2.18. The van der Waals surface area contributed by atoms with Crippen LogP contribution in [-0.2, 0) is 6.54 Å². The molecule has 0 aliphatic rings. The lowest BCUT2D eigenvalue weighted by Gasteiger charge is -2.00. The lowest BCUT2D eigenvalue weighted by atomic mass is 10.3. The molecule has 0 N–H and O–H groups in total. The summed E-state index contributed by atoms with van der Waals surface area (Å²) in [5.74, 6) is 0.912. The van der Waals surface area contributed by atoms with E-state index in [0.717, 1.165) is 21.5 Å². The zero-order valence-corrected chi connectivity index (χ0v) is 10.0. The number of aromatic nitrogens is 2. The monoisotopic (exact) mass is 276 g/mol. The maximum absolute atomic E-state index is 5.47. The Morgan fingerprint density at radius 1 is 1.19 bits per heavy atom. The molecule has 16 heavy (non-hydrogen) atoms. The molecule has 3 rings (SSSR count). The number of fused-ring (bicyclic) bond motifs is 1. The summed E-state index contributed by atoms with van der Waals surface area (Å²) in [6, 6.07) is 11.9. The Hall–Kier alpha value is -1.55. The van der Waals surface area contributed by atoms with Gasteiger partial charge in [-0.25, -0.2) is 4.98 Å². The molecule has 80 valence electrons. The maximum atomic E-state index is 5.47. The van der Waals surface area contributed by atoms with E-state index in [1.807, 2.05) is 36.7 Å². The van der Waals surface area contributed by atoms with E-state index in [-0.39, 0.29) is 0 Å². The van der Waals surface area contributed by atoms with Crippen molar-refractivity contribution in [3.63, 3.8) is 0 Å². The first kappa shape index (κ1) is 9.66. The van der Waals surface area contributed by atoms with Crippen LogP contribution in [0.15, 0.2) is 51.8 Å². The molecule has 1 aromatic carbocycles. The van der Waals surface area contributed by atoms with Crippen LogP contribution in [0.5, 0.6) is 0 Å². The fourth-order valence-corrected chi connectivity index (χ4v) is 2.08. The van der Waals surface area contributed by atoms with Crippen LogP contribution in [0, 0.1) is 0 Å². The van der Waals surface area contributed by atoms with Crippen LogP contribution in [-0.4, -0.2) is 9.55 Å². The molecular weight excluding hydrogens is 268 g/mol. The average Bonchev–Trinajstić information content (AvgIpc) is 2.87. The van der Waals surface area contributed by atoms with Crippen molar-refractivity contribution in [1.82, 2.24) is 9.55 Å². The number of hydrogen-bond acceptors (Lipinski definition) is 2. The first-order valence-electron chi connectivity index (χ1n) is 4.97. The average molecular weight is 277 g/mol. The molecule has 0 unspecified atom stereocenters. The van der Waals surface area contributed by atoms with Gasteiger partial charge in [0.05, 0.1) is 23.9 Å². The lowest BCUT2D eigenvalue weighted by molar-refractivity contribution is 0.476. The highest BCUT2D eigenvalue weighted by Gasteiger charge is 2.04. The number of para-hydroxylation sites is 2. The minimum absolute atomic E-state index is 0.701. The van der Waals surface area contributed by atoms with Gasteiger partial charge in [0.15, 0.2) is 4.67 Å². The van der Waals surface area contributed by atoms with Crippen molar-refractivity contribution >= 4 is 27.0 Å². The van der Waals surface area contributed by atoms with Gasteiger partial charge < -0.3 is 8.98 Å². The number of hydrogen-bond donors (Lipinski definition) is 0. The van der Waals surface area contributed by atoms with Gasteiger partial charge in [0.2, 0.25) is 0 Å². The maximum Gasteiger partial charge on any atom is 0.169 e. The van der Waals surface area contributed by atoms with E-state index >= 15 is 0 Å². The lowest BCUT2D eigenvalue weighted by Crippen LogP contribution is -1.95. The summed E-state index contributed by atoms with van der Waals surface area (Å²) < 4.78 is 8.30. The zero-order valence-electron chi connectivity index (χ0n) is 8.43. The molecule has 0 bridgehead atoms. The van der Waals surface area contributed by atoms with E-state index < -0.39 is 0 Å².